The Morgan fingerprint density at radius 3 is 2.53 bits per heavy atom. The predicted octanol–water partition coefficient (Wildman–Crippen LogP) is 1.93. The zero-order valence-corrected chi connectivity index (χ0v) is 9.30. The number of carbonyl (C=O) groups excluding carboxylic acids is 1. The third-order valence-electron chi connectivity index (χ3n) is 2.93. The summed E-state index contributed by atoms with van der Waals surface area (Å²) in [6.07, 6.45) is 0.827. The predicted molar refractivity (Wildman–Crippen MR) is 59.8 cm³/mol. The number of nitro groups is 1. The molecule has 0 bridgehead atoms. The van der Waals surface area contributed by atoms with Gasteiger partial charge in [-0.2, -0.15) is 0 Å². The lowest BCUT2D eigenvalue weighted by Gasteiger charge is -2.07. The Morgan fingerprint density at radius 2 is 2.00 bits per heavy atom. The number of ether oxygens (including phenoxy) is 1. The van der Waals surface area contributed by atoms with Crippen LogP contribution < -0.4 is 0 Å². The highest BCUT2D eigenvalue weighted by atomic mass is 16.6. The summed E-state index contributed by atoms with van der Waals surface area (Å²) < 4.78 is 5.01. The van der Waals surface area contributed by atoms with E-state index in [2.05, 4.69) is 0 Å². The molecule has 1 aliphatic rings. The molecular weight excluding hydrogens is 222 g/mol. The number of hydrogen-bond donors (Lipinski definition) is 0. The molecule has 0 atom stereocenters. The Morgan fingerprint density at radius 1 is 1.35 bits per heavy atom. The fourth-order valence-electron chi connectivity index (χ4n) is 1.63. The smallest absolute Gasteiger partial charge is 0.313 e. The molecule has 1 aromatic rings. The van der Waals surface area contributed by atoms with Crippen LogP contribution in [0.2, 0.25) is 0 Å². The molecule has 1 saturated carbocycles. The molecule has 0 radical (unpaired) electrons. The van der Waals surface area contributed by atoms with E-state index in [1.54, 1.807) is 0 Å². The van der Waals surface area contributed by atoms with Gasteiger partial charge < -0.3 is 4.74 Å². The van der Waals surface area contributed by atoms with Crippen molar-refractivity contribution in [1.82, 2.24) is 0 Å². The van der Waals surface area contributed by atoms with Crippen molar-refractivity contribution in [2.24, 2.45) is 0 Å². The zero-order chi connectivity index (χ0) is 12.3. The second-order valence-electron chi connectivity index (χ2n) is 4.30. The Balaban J connectivity index is 1.81. The molecule has 90 valence electrons. The first-order valence-electron chi connectivity index (χ1n) is 5.46. The maximum atomic E-state index is 11.4. The van der Waals surface area contributed by atoms with Gasteiger partial charge in [0.2, 0.25) is 5.54 Å². The van der Waals surface area contributed by atoms with Crippen LogP contribution in [-0.4, -0.2) is 16.4 Å². The molecule has 0 aliphatic heterocycles. The minimum atomic E-state index is -1.03. The summed E-state index contributed by atoms with van der Waals surface area (Å²) in [6.45, 7) is 0.174. The van der Waals surface area contributed by atoms with E-state index in [-0.39, 0.29) is 18.0 Å². The molecule has 2 rings (SSSR count). The van der Waals surface area contributed by atoms with Gasteiger partial charge in [0, 0.05) is 17.8 Å². The second kappa shape index (κ2) is 4.53. The van der Waals surface area contributed by atoms with Crippen LogP contribution in [0.3, 0.4) is 0 Å². The maximum absolute atomic E-state index is 11.4. The quantitative estimate of drug-likeness (QED) is 0.444. The van der Waals surface area contributed by atoms with E-state index < -0.39 is 11.5 Å². The summed E-state index contributed by atoms with van der Waals surface area (Å²) in [6, 6.07) is 9.25. The Hall–Kier alpha value is -1.91. The third-order valence-corrected chi connectivity index (χ3v) is 2.93. The molecule has 0 spiro atoms. The lowest BCUT2D eigenvalue weighted by atomic mass is 10.2. The van der Waals surface area contributed by atoms with E-state index in [1.807, 2.05) is 30.3 Å². The first-order valence-corrected chi connectivity index (χ1v) is 5.46. The van der Waals surface area contributed by atoms with Crippen LogP contribution in [0, 0.1) is 10.1 Å². The maximum Gasteiger partial charge on any atom is 0.313 e. The van der Waals surface area contributed by atoms with Crippen molar-refractivity contribution in [2.45, 2.75) is 31.4 Å². The molecule has 0 saturated heterocycles. The van der Waals surface area contributed by atoms with Crippen LogP contribution in [0.25, 0.3) is 0 Å². The van der Waals surface area contributed by atoms with Gasteiger partial charge in [0.25, 0.3) is 0 Å². The molecule has 0 heterocycles. The molecule has 5 nitrogen and oxygen atoms in total. The molecular formula is C12H13NO4. The van der Waals surface area contributed by atoms with Gasteiger partial charge in [0.05, 0.1) is 0 Å². The van der Waals surface area contributed by atoms with Gasteiger partial charge in [-0.05, 0) is 5.56 Å². The van der Waals surface area contributed by atoms with Crippen LogP contribution in [0.1, 0.15) is 24.8 Å². The fraction of sp³-hybridized carbons (Fsp3) is 0.417. The normalized spacial score (nSPS) is 16.2. The van der Waals surface area contributed by atoms with E-state index >= 15 is 0 Å². The van der Waals surface area contributed by atoms with E-state index in [1.165, 1.54) is 0 Å². The van der Waals surface area contributed by atoms with Crippen LogP contribution in [0.4, 0.5) is 0 Å². The van der Waals surface area contributed by atoms with Gasteiger partial charge in [-0.3, -0.25) is 14.9 Å². The van der Waals surface area contributed by atoms with E-state index in [9.17, 15) is 14.9 Å². The van der Waals surface area contributed by atoms with Crippen molar-refractivity contribution in [2.75, 3.05) is 0 Å². The van der Waals surface area contributed by atoms with Gasteiger partial charge in [-0.15, -0.1) is 0 Å². The summed E-state index contributed by atoms with van der Waals surface area (Å²) in [5.74, 6) is -0.497. The Kier molecular flexibility index (Phi) is 3.08. The molecule has 0 unspecified atom stereocenters. The SMILES string of the molecule is O=C(CC1([N+](=O)[O-])CC1)OCc1ccccc1. The second-order valence-corrected chi connectivity index (χ2v) is 4.30. The van der Waals surface area contributed by atoms with Crippen LogP contribution in [0.5, 0.6) is 0 Å². The fourth-order valence-corrected chi connectivity index (χ4v) is 1.63. The molecule has 1 aliphatic carbocycles. The number of hydrogen-bond acceptors (Lipinski definition) is 4. The Labute approximate surface area is 98.5 Å². The average molecular weight is 235 g/mol. The first-order chi connectivity index (χ1) is 8.12. The summed E-state index contributed by atoms with van der Waals surface area (Å²) >= 11 is 0. The lowest BCUT2D eigenvalue weighted by Crippen LogP contribution is -2.25. The monoisotopic (exact) mass is 235 g/mol. The lowest BCUT2D eigenvalue weighted by molar-refractivity contribution is -0.537. The Bertz CT molecular complexity index is 425. The zero-order valence-electron chi connectivity index (χ0n) is 9.30. The summed E-state index contributed by atoms with van der Waals surface area (Å²) in [5.41, 5.74) is -0.153. The van der Waals surface area contributed by atoms with E-state index in [0.717, 1.165) is 5.56 Å². The minimum absolute atomic E-state index is 0.118. The van der Waals surface area contributed by atoms with Gasteiger partial charge in [0.1, 0.15) is 13.0 Å². The van der Waals surface area contributed by atoms with Gasteiger partial charge in [-0.1, -0.05) is 30.3 Å². The van der Waals surface area contributed by atoms with Crippen molar-refractivity contribution < 1.29 is 14.5 Å². The third kappa shape index (κ3) is 2.81. The van der Waals surface area contributed by atoms with E-state index in [4.69, 9.17) is 4.74 Å². The van der Waals surface area contributed by atoms with Crippen LogP contribution in [0.15, 0.2) is 30.3 Å². The number of benzene rings is 1. The number of carbonyl (C=O) groups is 1. The van der Waals surface area contributed by atoms with Crippen LogP contribution in [-0.2, 0) is 16.1 Å². The van der Waals surface area contributed by atoms with Crippen molar-refractivity contribution in [1.29, 1.82) is 0 Å². The molecule has 0 amide bonds. The van der Waals surface area contributed by atoms with Crippen LogP contribution >= 0.6 is 0 Å². The minimum Gasteiger partial charge on any atom is -0.461 e. The number of esters is 1. The van der Waals surface area contributed by atoms with Crippen molar-refractivity contribution in [3.8, 4) is 0 Å². The average Bonchev–Trinajstić information content (AvgIpc) is 3.09. The first kappa shape index (κ1) is 11.6. The summed E-state index contributed by atoms with van der Waals surface area (Å²) in [4.78, 5) is 21.8. The largest absolute Gasteiger partial charge is 0.461 e. The highest BCUT2D eigenvalue weighted by molar-refractivity contribution is 5.71. The molecule has 17 heavy (non-hydrogen) atoms. The number of rotatable bonds is 5. The van der Waals surface area contributed by atoms with E-state index in [0.29, 0.717) is 12.8 Å². The van der Waals surface area contributed by atoms with Gasteiger partial charge >= 0.3 is 5.97 Å². The highest BCUT2D eigenvalue weighted by Crippen LogP contribution is 2.42. The summed E-state index contributed by atoms with van der Waals surface area (Å²) in [7, 11) is 0. The topological polar surface area (TPSA) is 69.4 Å². The number of nitrogens with zero attached hydrogens (tertiary/aromatic N) is 1. The van der Waals surface area contributed by atoms with Crippen molar-refractivity contribution in [3.05, 3.63) is 46.0 Å². The molecule has 1 aromatic carbocycles. The molecule has 0 N–H and O–H groups in total. The molecule has 1 fully saturated rings. The van der Waals surface area contributed by atoms with Crippen molar-refractivity contribution in [3.63, 3.8) is 0 Å². The summed E-state index contributed by atoms with van der Waals surface area (Å²) in [5, 5.41) is 10.7. The molecule has 5 heteroatoms. The van der Waals surface area contributed by atoms with Crippen molar-refractivity contribution >= 4 is 5.97 Å². The standard InChI is InChI=1S/C12H13NO4/c14-11(8-12(6-7-12)13(15)16)17-9-10-4-2-1-3-5-10/h1-5H,6-9H2. The van der Waals surface area contributed by atoms with Gasteiger partial charge in [0.15, 0.2) is 0 Å². The molecule has 0 aromatic heterocycles. The van der Waals surface area contributed by atoms with Gasteiger partial charge in [-0.25, -0.2) is 0 Å². The highest BCUT2D eigenvalue weighted by Gasteiger charge is 2.57.